The summed E-state index contributed by atoms with van der Waals surface area (Å²) in [6.07, 6.45) is 0. The van der Waals surface area contributed by atoms with E-state index in [1.165, 1.54) is 0 Å². The van der Waals surface area contributed by atoms with E-state index in [4.69, 9.17) is 0 Å². The Balaban J connectivity index is 1.53. The lowest BCUT2D eigenvalue weighted by Crippen LogP contribution is -2.70. The number of halogens is 3. The molecular weight excluding hydrogens is 379 g/mol. The Morgan fingerprint density at radius 1 is 0.931 bits per heavy atom. The number of rotatable bonds is 3. The van der Waals surface area contributed by atoms with Crippen molar-refractivity contribution in [2.75, 3.05) is 39.3 Å². The number of carbonyl (C=O) groups excluding carboxylic acids is 1. The number of nitrogens with one attached hydrogen (secondary N) is 1. The van der Waals surface area contributed by atoms with Gasteiger partial charge in [0.2, 0.25) is 0 Å². The van der Waals surface area contributed by atoms with E-state index < -0.39 is 28.9 Å². The van der Waals surface area contributed by atoms with E-state index in [1.54, 1.807) is 0 Å². The summed E-state index contributed by atoms with van der Waals surface area (Å²) >= 11 is 0. The molecule has 3 unspecified atom stereocenters. The zero-order valence-corrected chi connectivity index (χ0v) is 15.9. The lowest BCUT2D eigenvalue weighted by molar-refractivity contribution is 0.0179. The first kappa shape index (κ1) is 18.6. The van der Waals surface area contributed by atoms with Crippen LogP contribution < -0.4 is 5.32 Å². The van der Waals surface area contributed by atoms with Gasteiger partial charge in [0.1, 0.15) is 5.82 Å². The molecule has 3 atom stereocenters. The molecular formula is C22H22F3N3O. The molecule has 1 N–H and O–H groups in total. The van der Waals surface area contributed by atoms with Crippen LogP contribution in [0.2, 0.25) is 0 Å². The van der Waals surface area contributed by atoms with Crippen LogP contribution in [0.4, 0.5) is 13.2 Å². The molecule has 4 saturated heterocycles. The maximum Gasteiger partial charge on any atom is 0.254 e. The van der Waals surface area contributed by atoms with Gasteiger partial charge in [-0.3, -0.25) is 4.79 Å². The summed E-state index contributed by atoms with van der Waals surface area (Å²) in [5, 5.41) is 3.01. The maximum absolute atomic E-state index is 14.2. The van der Waals surface area contributed by atoms with Crippen molar-refractivity contribution in [1.29, 1.82) is 0 Å². The van der Waals surface area contributed by atoms with Gasteiger partial charge in [0.05, 0.1) is 5.56 Å². The zero-order chi connectivity index (χ0) is 20.2. The van der Waals surface area contributed by atoms with Crippen molar-refractivity contribution < 1.29 is 18.0 Å². The van der Waals surface area contributed by atoms with Gasteiger partial charge in [-0.2, -0.15) is 0 Å². The van der Waals surface area contributed by atoms with Crippen LogP contribution in [-0.2, 0) is 5.41 Å². The van der Waals surface area contributed by atoms with E-state index >= 15 is 0 Å². The molecule has 0 aromatic heterocycles. The van der Waals surface area contributed by atoms with Crippen LogP contribution in [0.3, 0.4) is 0 Å². The minimum Gasteiger partial charge on any atom is -0.348 e. The molecule has 0 radical (unpaired) electrons. The van der Waals surface area contributed by atoms with E-state index in [-0.39, 0.29) is 17.4 Å². The molecule has 6 rings (SSSR count). The van der Waals surface area contributed by atoms with Crippen molar-refractivity contribution in [3.8, 4) is 0 Å². The van der Waals surface area contributed by atoms with E-state index in [0.29, 0.717) is 12.1 Å². The Morgan fingerprint density at radius 3 is 2.21 bits per heavy atom. The molecule has 29 heavy (non-hydrogen) atoms. The normalized spacial score (nSPS) is 32.8. The number of hydrogen-bond donors (Lipinski definition) is 1. The number of nitrogens with zero attached hydrogens (tertiary/aromatic N) is 2. The first-order chi connectivity index (χ1) is 14.0. The van der Waals surface area contributed by atoms with Crippen LogP contribution in [0.25, 0.3) is 0 Å². The number of piperidine rings is 2. The maximum atomic E-state index is 14.2. The fraction of sp³-hybridized carbons (Fsp3) is 0.409. The van der Waals surface area contributed by atoms with Gasteiger partial charge < -0.3 is 15.1 Å². The summed E-state index contributed by atoms with van der Waals surface area (Å²) in [6, 6.07) is 10.9. The minimum atomic E-state index is -1.30. The summed E-state index contributed by atoms with van der Waals surface area (Å²) in [6.45, 7) is 5.30. The lowest BCUT2D eigenvalue weighted by Gasteiger charge is -2.55. The molecule has 0 saturated carbocycles. The highest BCUT2D eigenvalue weighted by atomic mass is 19.2. The van der Waals surface area contributed by atoms with Crippen LogP contribution in [0.15, 0.2) is 42.5 Å². The van der Waals surface area contributed by atoms with Gasteiger partial charge in [0.25, 0.3) is 5.91 Å². The third-order valence-corrected chi connectivity index (χ3v) is 6.69. The molecule has 2 aromatic rings. The first-order valence-electron chi connectivity index (χ1n) is 9.92. The standard InChI is InChI=1S/C22H22F3N3O/c23-17-9-19(25)18(24)8-16(17)21(29)26-20-14-10-27-6-7-28(11-14)13-22(20,12-27)15-4-2-1-3-5-15/h1-5,8-9,14,20H,6-7,10-13H2,(H,26,29). The monoisotopic (exact) mass is 401 g/mol. The average Bonchev–Trinajstić information content (AvgIpc) is 2.96. The number of amides is 1. The summed E-state index contributed by atoms with van der Waals surface area (Å²) in [4.78, 5) is 17.8. The minimum absolute atomic E-state index is 0.178. The largest absolute Gasteiger partial charge is 0.348 e. The Kier molecular flexibility index (Phi) is 4.40. The first-order valence-corrected chi connectivity index (χ1v) is 9.92. The van der Waals surface area contributed by atoms with Crippen molar-refractivity contribution in [3.63, 3.8) is 0 Å². The topological polar surface area (TPSA) is 35.6 Å². The molecule has 4 heterocycles. The third kappa shape index (κ3) is 3.04. The molecule has 4 aliphatic heterocycles. The van der Waals surface area contributed by atoms with Gasteiger partial charge in [-0.25, -0.2) is 13.2 Å². The molecule has 0 spiro atoms. The van der Waals surface area contributed by atoms with Gasteiger partial charge in [-0.15, -0.1) is 0 Å². The summed E-state index contributed by atoms with van der Waals surface area (Å²) < 4.78 is 41.1. The highest BCUT2D eigenvalue weighted by molar-refractivity contribution is 5.94. The second-order valence-electron chi connectivity index (χ2n) is 8.45. The fourth-order valence-electron chi connectivity index (χ4n) is 5.48. The van der Waals surface area contributed by atoms with Crippen LogP contribution in [-0.4, -0.2) is 61.0 Å². The van der Waals surface area contributed by atoms with Crippen molar-refractivity contribution in [2.24, 2.45) is 5.92 Å². The smallest absolute Gasteiger partial charge is 0.254 e. The highest BCUT2D eigenvalue weighted by Crippen LogP contribution is 2.43. The lowest BCUT2D eigenvalue weighted by atomic mass is 9.64. The Labute approximate surface area is 167 Å². The Hall–Kier alpha value is -2.38. The Morgan fingerprint density at radius 2 is 1.55 bits per heavy atom. The molecule has 2 aromatic carbocycles. The van der Waals surface area contributed by atoms with E-state index in [1.807, 2.05) is 18.2 Å². The van der Waals surface area contributed by atoms with E-state index in [9.17, 15) is 18.0 Å². The quantitative estimate of drug-likeness (QED) is 0.803. The second-order valence-corrected chi connectivity index (χ2v) is 8.45. The summed E-state index contributed by atoms with van der Waals surface area (Å²) in [5.74, 6) is -4.10. The second kappa shape index (κ2) is 6.85. The van der Waals surface area contributed by atoms with Crippen LogP contribution in [0, 0.1) is 23.4 Å². The molecule has 7 heteroatoms. The molecule has 4 fully saturated rings. The van der Waals surface area contributed by atoms with Gasteiger partial charge in [0.15, 0.2) is 11.6 Å². The fourth-order valence-corrected chi connectivity index (χ4v) is 5.48. The van der Waals surface area contributed by atoms with Crippen LogP contribution >= 0.6 is 0 Å². The predicted octanol–water partition coefficient (Wildman–Crippen LogP) is 2.40. The Bertz CT molecular complexity index is 936. The summed E-state index contributed by atoms with van der Waals surface area (Å²) in [7, 11) is 0. The van der Waals surface area contributed by atoms with Crippen molar-refractivity contribution in [2.45, 2.75) is 11.5 Å². The van der Waals surface area contributed by atoms with Crippen LogP contribution in [0.1, 0.15) is 15.9 Å². The molecule has 1 amide bonds. The molecule has 0 aliphatic carbocycles. The molecule has 4 nitrogen and oxygen atoms in total. The third-order valence-electron chi connectivity index (χ3n) is 6.69. The van der Waals surface area contributed by atoms with E-state index in [0.717, 1.165) is 44.8 Å². The molecule has 4 aliphatic rings. The SMILES string of the molecule is O=C(NC1C2CN3CCN(C2)CC1(c1ccccc1)C3)c1cc(F)c(F)cc1F. The van der Waals surface area contributed by atoms with Crippen molar-refractivity contribution >= 4 is 5.91 Å². The van der Waals surface area contributed by atoms with Gasteiger partial charge >= 0.3 is 0 Å². The van der Waals surface area contributed by atoms with Gasteiger partial charge in [0, 0.05) is 62.7 Å². The zero-order valence-electron chi connectivity index (χ0n) is 15.9. The summed E-state index contributed by atoms with van der Waals surface area (Å²) in [5.41, 5.74) is 0.348. The number of fused-ring (bicyclic) bond motifs is 1. The molecule has 152 valence electrons. The van der Waals surface area contributed by atoms with Crippen molar-refractivity contribution in [3.05, 3.63) is 71.0 Å². The average molecular weight is 401 g/mol. The van der Waals surface area contributed by atoms with Crippen molar-refractivity contribution in [1.82, 2.24) is 15.1 Å². The highest BCUT2D eigenvalue weighted by Gasteiger charge is 2.55. The van der Waals surface area contributed by atoms with E-state index in [2.05, 4.69) is 27.2 Å². The predicted molar refractivity (Wildman–Crippen MR) is 102 cm³/mol. The van der Waals surface area contributed by atoms with Gasteiger partial charge in [-0.1, -0.05) is 30.3 Å². The van der Waals surface area contributed by atoms with Crippen LogP contribution in [0.5, 0.6) is 0 Å². The van der Waals surface area contributed by atoms with Gasteiger partial charge in [-0.05, 0) is 11.6 Å². The molecule has 4 bridgehead atoms. The number of benzene rings is 2. The number of carbonyl (C=O) groups is 1. The number of hydrogen-bond acceptors (Lipinski definition) is 3.